The highest BCUT2D eigenvalue weighted by molar-refractivity contribution is 7.46. The number of amides is 1. The molecule has 0 saturated carbocycles. The first-order valence-electron chi connectivity index (χ1n) is 28.2. The minimum atomic E-state index is -5.32. The molecule has 0 aliphatic carbocycles. The molecule has 5 N–H and O–H groups in total. The van der Waals surface area contributed by atoms with E-state index < -0.39 is 74.9 Å². The zero-order valence-electron chi connectivity index (χ0n) is 44.0. The summed E-state index contributed by atoms with van der Waals surface area (Å²) in [6.07, 6.45) is 27.2. The van der Waals surface area contributed by atoms with Crippen molar-refractivity contribution in [2.24, 2.45) is 5.92 Å². The fourth-order valence-corrected chi connectivity index (χ4v) is 9.97. The Labute approximate surface area is 418 Å². The summed E-state index contributed by atoms with van der Waals surface area (Å²) in [4.78, 5) is 74.6. The Morgan fingerprint density at radius 3 is 1.42 bits per heavy atom. The maximum Gasteiger partial charge on any atom is 0.470 e. The number of carbonyl (C=O) groups is 4. The summed E-state index contributed by atoms with van der Waals surface area (Å²) in [6, 6.07) is -1.60. The van der Waals surface area contributed by atoms with Gasteiger partial charge in [-0.15, -0.1) is 0 Å². The van der Waals surface area contributed by atoms with Crippen molar-refractivity contribution < 1.29 is 62.5 Å². The lowest BCUT2D eigenvalue weighted by Gasteiger charge is -2.43. The molecule has 1 amide bonds. The average molecular weight is 1000 g/mol. The molecule has 0 aromatic heterocycles. The summed E-state index contributed by atoms with van der Waals surface area (Å²) in [5.74, 6) is -2.66. The van der Waals surface area contributed by atoms with Crippen molar-refractivity contribution in [3.05, 3.63) is 0 Å². The van der Waals surface area contributed by atoms with Crippen LogP contribution in [0.5, 0.6) is 0 Å². The first-order valence-corrected chi connectivity index (χ1v) is 29.7. The zero-order chi connectivity index (χ0) is 51.0. The van der Waals surface area contributed by atoms with Gasteiger partial charge in [0.15, 0.2) is 12.4 Å². The van der Waals surface area contributed by atoms with Crippen LogP contribution in [-0.2, 0) is 42.5 Å². The minimum absolute atomic E-state index is 0.0484. The minimum Gasteiger partial charge on any atom is -0.462 e. The molecule has 1 rings (SSSR count). The quantitative estimate of drug-likeness (QED) is 0.0218. The van der Waals surface area contributed by atoms with Gasteiger partial charge in [0.05, 0.1) is 19.4 Å². The van der Waals surface area contributed by atoms with Gasteiger partial charge < -0.3 is 39.5 Å². The first kappa shape index (κ1) is 65.1. The third kappa shape index (κ3) is 34.2. The predicted octanol–water partition coefficient (Wildman–Crippen LogP) is 12.6. The highest BCUT2D eigenvalue weighted by atomic mass is 31.2. The fourth-order valence-electron chi connectivity index (χ4n) is 9.39. The van der Waals surface area contributed by atoms with Crippen molar-refractivity contribution in [3.63, 3.8) is 0 Å². The second-order valence-electron chi connectivity index (χ2n) is 20.0. The van der Waals surface area contributed by atoms with Gasteiger partial charge in [-0.1, -0.05) is 214 Å². The van der Waals surface area contributed by atoms with Crippen LogP contribution in [0.15, 0.2) is 0 Å². The summed E-state index contributed by atoms with van der Waals surface area (Å²) in [7, 11) is -5.32. The van der Waals surface area contributed by atoms with Crippen molar-refractivity contribution in [1.82, 2.24) is 5.32 Å². The molecule has 7 atom stereocenters. The van der Waals surface area contributed by atoms with E-state index in [0.717, 1.165) is 116 Å². The smallest absolute Gasteiger partial charge is 0.462 e. The van der Waals surface area contributed by atoms with Gasteiger partial charge >= 0.3 is 19.8 Å². The molecule has 0 aromatic carbocycles. The van der Waals surface area contributed by atoms with Gasteiger partial charge in [-0.2, -0.15) is 0 Å². The Morgan fingerprint density at radius 1 is 0.551 bits per heavy atom. The van der Waals surface area contributed by atoms with E-state index in [1.165, 1.54) is 77.0 Å². The van der Waals surface area contributed by atoms with E-state index in [2.05, 4.69) is 33.0 Å². The van der Waals surface area contributed by atoms with Crippen molar-refractivity contribution >= 4 is 31.5 Å². The van der Waals surface area contributed by atoms with Gasteiger partial charge in [-0.05, 0) is 32.1 Å². The lowest BCUT2D eigenvalue weighted by Crippen LogP contribution is -2.65. The maximum atomic E-state index is 14.0. The molecule has 1 heterocycles. The van der Waals surface area contributed by atoms with Crippen LogP contribution in [0.4, 0.5) is 0 Å². The van der Waals surface area contributed by atoms with Crippen LogP contribution >= 0.6 is 7.82 Å². The van der Waals surface area contributed by atoms with E-state index in [1.54, 1.807) is 0 Å². The number of phosphoric acid groups is 1. The Bertz CT molecular complexity index is 1350. The Hall–Kier alpha value is -1.93. The number of rotatable bonds is 47. The average Bonchev–Trinajstić information content (AvgIpc) is 3.30. The number of esters is 2. The van der Waals surface area contributed by atoms with Crippen LogP contribution in [0.25, 0.3) is 0 Å². The van der Waals surface area contributed by atoms with Crippen molar-refractivity contribution in [1.29, 1.82) is 0 Å². The van der Waals surface area contributed by atoms with Crippen LogP contribution in [0, 0.1) is 5.92 Å². The molecular weight excluding hydrogens is 902 g/mol. The van der Waals surface area contributed by atoms with E-state index in [4.69, 9.17) is 18.7 Å². The molecule has 0 spiro atoms. The second-order valence-corrected chi connectivity index (χ2v) is 21.2. The molecule has 1 aliphatic rings. The summed E-state index contributed by atoms with van der Waals surface area (Å²) in [6.45, 7) is 7.85. The molecule has 14 nitrogen and oxygen atoms in total. The number of phosphoric ester groups is 1. The van der Waals surface area contributed by atoms with E-state index in [1.807, 2.05) is 0 Å². The summed E-state index contributed by atoms with van der Waals surface area (Å²) >= 11 is 0. The Morgan fingerprint density at radius 2 is 0.971 bits per heavy atom. The van der Waals surface area contributed by atoms with Crippen molar-refractivity contribution in [3.8, 4) is 0 Å². The topological polar surface area (TPSA) is 215 Å². The van der Waals surface area contributed by atoms with Crippen molar-refractivity contribution in [2.75, 3.05) is 6.61 Å². The van der Waals surface area contributed by atoms with E-state index in [-0.39, 0.29) is 25.0 Å². The van der Waals surface area contributed by atoms with Gasteiger partial charge in [0.25, 0.3) is 0 Å². The summed E-state index contributed by atoms with van der Waals surface area (Å²) < 4.78 is 34.7. The van der Waals surface area contributed by atoms with Gasteiger partial charge in [0, 0.05) is 18.8 Å². The largest absolute Gasteiger partial charge is 0.470 e. The molecule has 69 heavy (non-hydrogen) atoms. The van der Waals surface area contributed by atoms with Gasteiger partial charge in [0.2, 0.25) is 5.91 Å². The molecular formula is C54H102NO13P. The number of hydrogen-bond donors (Lipinski definition) is 5. The molecule has 1 saturated heterocycles. The van der Waals surface area contributed by atoms with Gasteiger partial charge in [-0.25, -0.2) is 4.57 Å². The number of aliphatic hydroxyl groups is 2. The van der Waals surface area contributed by atoms with Crippen LogP contribution in [0.3, 0.4) is 0 Å². The number of nitrogens with one attached hydrogen (secondary N) is 1. The molecule has 1 aliphatic heterocycles. The molecule has 0 bridgehead atoms. The van der Waals surface area contributed by atoms with Crippen LogP contribution in [0.1, 0.15) is 272 Å². The number of aliphatic hydroxyl groups excluding tert-OH is 2. The summed E-state index contributed by atoms with van der Waals surface area (Å²) in [5, 5.41) is 24.1. The van der Waals surface area contributed by atoms with Crippen LogP contribution in [-0.4, -0.2) is 87.0 Å². The summed E-state index contributed by atoms with van der Waals surface area (Å²) in [5.41, 5.74) is 0. The van der Waals surface area contributed by atoms with Gasteiger partial charge in [-0.3, -0.25) is 23.7 Å². The normalized spacial score (nSPS) is 19.3. The lowest BCUT2D eigenvalue weighted by molar-refractivity contribution is -0.256. The molecule has 1 fully saturated rings. The number of unbranched alkanes of at least 4 members (excludes halogenated alkanes) is 28. The SMILES string of the molecule is CCCCCCCCCCC[C@H](CC(=O)N[C@H]1[C@@H](OC(=O)C[C@@H](CCCCCCCCCCC)C(=O)CCCCCCCCC)[C@H](OP(=O)(O)O)[C@@H](CO)O[C@@H]1O)OC(=O)CCCCCCCCC. The third-order valence-electron chi connectivity index (χ3n) is 13.6. The predicted molar refractivity (Wildman–Crippen MR) is 273 cm³/mol. The zero-order valence-corrected chi connectivity index (χ0v) is 44.9. The van der Waals surface area contributed by atoms with E-state index >= 15 is 0 Å². The molecule has 0 aromatic rings. The lowest BCUT2D eigenvalue weighted by atomic mass is 9.90. The number of ketones is 1. The van der Waals surface area contributed by atoms with Crippen LogP contribution in [0.2, 0.25) is 0 Å². The monoisotopic (exact) mass is 1000 g/mol. The van der Waals surface area contributed by atoms with Gasteiger partial charge in [0.1, 0.15) is 30.1 Å². The van der Waals surface area contributed by atoms with E-state index in [9.17, 15) is 43.7 Å². The van der Waals surface area contributed by atoms with Crippen molar-refractivity contribution in [2.45, 2.75) is 308 Å². The fraction of sp³-hybridized carbons (Fsp3) is 0.926. The highest BCUT2D eigenvalue weighted by Crippen LogP contribution is 2.42. The molecule has 0 unspecified atom stereocenters. The molecule has 0 radical (unpaired) electrons. The van der Waals surface area contributed by atoms with Crippen LogP contribution < -0.4 is 5.32 Å². The van der Waals surface area contributed by atoms with E-state index in [0.29, 0.717) is 32.1 Å². The third-order valence-corrected chi connectivity index (χ3v) is 14.1. The Kier molecular flexibility index (Phi) is 40.1. The second kappa shape index (κ2) is 42.6. The number of hydrogen-bond acceptors (Lipinski definition) is 11. The maximum absolute atomic E-state index is 14.0. The number of Topliss-reactive ketones (excluding diaryl/α,β-unsaturated/α-hetero) is 1. The first-order chi connectivity index (χ1) is 33.3. The molecule has 406 valence electrons. The standard InChI is InChI=1S/C54H102NO13P/c1-5-9-13-17-21-23-27-29-33-37-44(46(57)39-35-31-25-19-15-11-7-3)41-50(60)67-53-51(54(61)66-47(43-56)52(53)68-69(62,63)64)55-48(58)42-45(38-34-30-28-24-22-18-14-10-6-2)65-49(59)40-36-32-26-20-16-12-8-4/h44-45,47,51-54,56,61H,5-43H2,1-4H3,(H,55,58)(H2,62,63,64)/t44-,45-,47-,51+,52-,53-,54+/m1/s1. The number of carbonyl (C=O) groups excluding carboxylic acids is 4. The molecule has 15 heteroatoms. The Balaban J connectivity index is 3.22. The number of ether oxygens (including phenoxy) is 3. The highest BCUT2D eigenvalue weighted by Gasteiger charge is 2.51.